The molecule has 1 fully saturated rings. The van der Waals surface area contributed by atoms with Gasteiger partial charge in [-0.25, -0.2) is 0 Å². The topological polar surface area (TPSA) is 81.5 Å². The van der Waals surface area contributed by atoms with Crippen LogP contribution in [-0.2, 0) is 11.3 Å². The molecule has 4 rings (SSSR count). The molecule has 0 saturated carbocycles. The van der Waals surface area contributed by atoms with Crippen LogP contribution in [0.4, 0.5) is 5.82 Å². The quantitative estimate of drug-likeness (QED) is 0.724. The molecule has 1 aliphatic heterocycles. The van der Waals surface area contributed by atoms with E-state index in [0.717, 1.165) is 39.9 Å². The Morgan fingerprint density at radius 3 is 2.71 bits per heavy atom. The molecular formula is C17H20N4O3. The van der Waals surface area contributed by atoms with Gasteiger partial charge in [-0.15, -0.1) is 0 Å². The van der Waals surface area contributed by atoms with Crippen LogP contribution in [-0.4, -0.2) is 21.2 Å². The van der Waals surface area contributed by atoms with Gasteiger partial charge >= 0.3 is 0 Å². The van der Waals surface area contributed by atoms with E-state index in [0.29, 0.717) is 6.54 Å². The summed E-state index contributed by atoms with van der Waals surface area (Å²) in [7, 11) is 0. The highest BCUT2D eigenvalue weighted by Crippen LogP contribution is 2.41. The predicted octanol–water partition coefficient (Wildman–Crippen LogP) is 3.26. The van der Waals surface area contributed by atoms with E-state index in [-0.39, 0.29) is 12.3 Å². The number of rotatable bonds is 5. The van der Waals surface area contributed by atoms with Crippen molar-refractivity contribution in [1.82, 2.24) is 14.9 Å². The first kappa shape index (κ1) is 15.0. The van der Waals surface area contributed by atoms with Gasteiger partial charge in [0, 0.05) is 23.4 Å². The number of ether oxygens (including phenoxy) is 1. The molecule has 7 heteroatoms. The lowest BCUT2D eigenvalue weighted by atomic mass is 10.2. The molecule has 24 heavy (non-hydrogen) atoms. The number of furan rings is 1. The number of epoxide rings is 1. The van der Waals surface area contributed by atoms with E-state index in [1.165, 1.54) is 0 Å². The lowest BCUT2D eigenvalue weighted by Gasteiger charge is -2.01. The molecule has 7 nitrogen and oxygen atoms in total. The summed E-state index contributed by atoms with van der Waals surface area (Å²) >= 11 is 0. The summed E-state index contributed by atoms with van der Waals surface area (Å²) < 4.78 is 18.3. The normalized spacial score (nSPS) is 19.7. The van der Waals surface area contributed by atoms with Crippen LogP contribution >= 0.6 is 0 Å². The number of aryl methyl sites for hydroxylation is 4. The fourth-order valence-electron chi connectivity index (χ4n) is 2.95. The van der Waals surface area contributed by atoms with Crippen LogP contribution in [0.25, 0.3) is 0 Å². The van der Waals surface area contributed by atoms with Gasteiger partial charge in [0.2, 0.25) is 0 Å². The minimum Gasteiger partial charge on any atom is -0.466 e. The van der Waals surface area contributed by atoms with Crippen LogP contribution in [0, 0.1) is 27.7 Å². The van der Waals surface area contributed by atoms with Crippen LogP contribution < -0.4 is 5.32 Å². The number of anilines is 1. The molecule has 0 spiro atoms. The fraction of sp³-hybridized carbons (Fsp3) is 0.412. The Hall–Kier alpha value is -2.54. The Balaban J connectivity index is 1.41. The van der Waals surface area contributed by atoms with Gasteiger partial charge in [0.25, 0.3) is 0 Å². The number of aromatic nitrogens is 3. The monoisotopic (exact) mass is 328 g/mol. The Labute approximate surface area is 139 Å². The molecule has 2 atom stereocenters. The lowest BCUT2D eigenvalue weighted by molar-refractivity contribution is 0.383. The summed E-state index contributed by atoms with van der Waals surface area (Å²) in [6, 6.07) is 3.96. The molecule has 3 aromatic heterocycles. The molecule has 0 radical (unpaired) electrons. The van der Waals surface area contributed by atoms with Crippen molar-refractivity contribution in [2.24, 2.45) is 0 Å². The van der Waals surface area contributed by atoms with E-state index >= 15 is 0 Å². The maximum absolute atomic E-state index is 5.71. The second-order valence-electron chi connectivity index (χ2n) is 6.19. The summed E-state index contributed by atoms with van der Waals surface area (Å²) in [4.78, 5) is 0. The average molecular weight is 328 g/mol. The van der Waals surface area contributed by atoms with Crippen LogP contribution in [0.15, 0.2) is 27.3 Å². The summed E-state index contributed by atoms with van der Waals surface area (Å²) in [6.45, 7) is 8.39. The number of nitrogens with one attached hydrogen (secondary N) is 1. The van der Waals surface area contributed by atoms with Crippen molar-refractivity contribution in [2.45, 2.75) is 46.6 Å². The summed E-state index contributed by atoms with van der Waals surface area (Å²) in [5.74, 6) is 3.42. The van der Waals surface area contributed by atoms with Crippen molar-refractivity contribution in [3.63, 3.8) is 0 Å². The van der Waals surface area contributed by atoms with E-state index < -0.39 is 0 Å². The van der Waals surface area contributed by atoms with E-state index in [1.807, 2.05) is 50.7 Å². The molecule has 3 aromatic rings. The van der Waals surface area contributed by atoms with E-state index in [2.05, 4.69) is 15.6 Å². The average Bonchev–Trinajstić information content (AvgIpc) is 2.81. The Bertz CT molecular complexity index is 857. The zero-order valence-electron chi connectivity index (χ0n) is 14.2. The minimum absolute atomic E-state index is 0.0233. The number of nitrogens with zero attached hydrogens (tertiary/aromatic N) is 3. The molecule has 0 aromatic carbocycles. The molecule has 1 saturated heterocycles. The molecular weight excluding hydrogens is 308 g/mol. The first-order valence-electron chi connectivity index (χ1n) is 7.95. The van der Waals surface area contributed by atoms with Gasteiger partial charge < -0.3 is 19.0 Å². The van der Waals surface area contributed by atoms with E-state index in [1.54, 1.807) is 0 Å². The molecule has 1 N–H and O–H groups in total. The van der Waals surface area contributed by atoms with Crippen molar-refractivity contribution in [1.29, 1.82) is 0 Å². The third-order valence-corrected chi connectivity index (χ3v) is 4.31. The van der Waals surface area contributed by atoms with E-state index in [4.69, 9.17) is 13.7 Å². The van der Waals surface area contributed by atoms with Crippen molar-refractivity contribution < 1.29 is 13.7 Å². The van der Waals surface area contributed by atoms with E-state index in [9.17, 15) is 0 Å². The Kier molecular flexibility index (Phi) is 3.45. The third-order valence-electron chi connectivity index (χ3n) is 4.31. The fourth-order valence-corrected chi connectivity index (χ4v) is 2.95. The zero-order chi connectivity index (χ0) is 16.8. The second-order valence-corrected chi connectivity index (χ2v) is 6.19. The van der Waals surface area contributed by atoms with Crippen LogP contribution in [0.5, 0.6) is 0 Å². The largest absolute Gasteiger partial charge is 0.466 e. The van der Waals surface area contributed by atoms with Gasteiger partial charge in [0.05, 0.1) is 12.2 Å². The first-order valence-corrected chi connectivity index (χ1v) is 7.95. The lowest BCUT2D eigenvalue weighted by Crippen LogP contribution is -2.07. The zero-order valence-corrected chi connectivity index (χ0v) is 14.2. The highest BCUT2D eigenvalue weighted by Gasteiger charge is 2.42. The van der Waals surface area contributed by atoms with Crippen molar-refractivity contribution in [3.8, 4) is 0 Å². The molecule has 0 aliphatic carbocycles. The molecule has 0 bridgehead atoms. The summed E-state index contributed by atoms with van der Waals surface area (Å²) in [6.07, 6.45) is 1.89. The van der Waals surface area contributed by atoms with Gasteiger partial charge in [0.1, 0.15) is 29.2 Å². The van der Waals surface area contributed by atoms with Gasteiger partial charge in [0.15, 0.2) is 6.23 Å². The van der Waals surface area contributed by atoms with Gasteiger partial charge in [-0.2, -0.15) is 5.10 Å². The minimum atomic E-state index is -0.0666. The smallest absolute Gasteiger partial charge is 0.160 e. The molecule has 126 valence electrons. The summed E-state index contributed by atoms with van der Waals surface area (Å²) in [5, 5.41) is 11.8. The molecule has 4 heterocycles. The van der Waals surface area contributed by atoms with Gasteiger partial charge in [-0.3, -0.25) is 4.68 Å². The van der Waals surface area contributed by atoms with Crippen molar-refractivity contribution >= 4 is 5.82 Å². The van der Waals surface area contributed by atoms with Crippen LogP contribution in [0.3, 0.4) is 0 Å². The predicted molar refractivity (Wildman–Crippen MR) is 86.7 cm³/mol. The number of hydrogen-bond donors (Lipinski definition) is 1. The maximum atomic E-state index is 5.71. The second kappa shape index (κ2) is 5.52. The SMILES string of the molecule is Cc1cc(C2OC2Nc2ccn(Cc3c(C)noc3C)n2)c(C)o1. The molecule has 0 amide bonds. The highest BCUT2D eigenvalue weighted by molar-refractivity contribution is 5.38. The first-order chi connectivity index (χ1) is 11.5. The molecule has 1 aliphatic rings. The summed E-state index contributed by atoms with van der Waals surface area (Å²) in [5.41, 5.74) is 3.06. The Morgan fingerprint density at radius 1 is 1.21 bits per heavy atom. The maximum Gasteiger partial charge on any atom is 0.160 e. The number of hydrogen-bond acceptors (Lipinski definition) is 6. The Morgan fingerprint density at radius 2 is 2.04 bits per heavy atom. The van der Waals surface area contributed by atoms with Crippen molar-refractivity contribution in [2.75, 3.05) is 5.32 Å². The van der Waals surface area contributed by atoms with Crippen molar-refractivity contribution in [3.05, 3.63) is 52.4 Å². The van der Waals surface area contributed by atoms with Crippen LogP contribution in [0.2, 0.25) is 0 Å². The van der Waals surface area contributed by atoms with Crippen LogP contribution in [0.1, 0.15) is 40.2 Å². The highest BCUT2D eigenvalue weighted by atomic mass is 16.6. The third kappa shape index (κ3) is 2.71. The standard InChI is InChI=1S/C17H20N4O3/c1-9-7-13(11(3)22-9)16-17(23-16)18-15-5-6-21(19-15)8-14-10(2)20-24-12(14)4/h5-7,16-17H,8H2,1-4H3,(H,18,19). The molecule has 2 unspecified atom stereocenters. The van der Waals surface area contributed by atoms with Gasteiger partial charge in [-0.1, -0.05) is 5.16 Å². The van der Waals surface area contributed by atoms with Gasteiger partial charge in [-0.05, 0) is 33.8 Å².